The molecule has 0 amide bonds. The fraction of sp³-hybridized carbons (Fsp3) is 0.875. The predicted molar refractivity (Wildman–Crippen MR) is 107 cm³/mol. The summed E-state index contributed by atoms with van der Waals surface area (Å²) in [6.07, 6.45) is 13.0. The maximum atomic E-state index is 11.0. The molecule has 3 fully saturated rings. The second kappa shape index (κ2) is 6.90. The Morgan fingerprint density at radius 1 is 1.19 bits per heavy atom. The Kier molecular flexibility index (Phi) is 4.98. The molecular weight excluding hydrogens is 336 g/mol. The van der Waals surface area contributed by atoms with Gasteiger partial charge in [0.25, 0.3) is 0 Å². The van der Waals surface area contributed by atoms with E-state index in [1.54, 1.807) is 5.57 Å². The monoisotopic (exact) mass is 374 g/mol. The van der Waals surface area contributed by atoms with Crippen LogP contribution in [0.25, 0.3) is 0 Å². The molecule has 0 spiro atoms. The van der Waals surface area contributed by atoms with Crippen LogP contribution < -0.4 is 0 Å². The summed E-state index contributed by atoms with van der Waals surface area (Å²) in [7, 11) is 0. The standard InChI is InChI=1S/C24H38O3/c1-15(4-9-22(26)27)19-7-8-20-18-6-5-16-14-17(25)10-12-23(16,2)21(18)11-13-24(19,20)3/h5,15,17-21,25H,4,6-14H2,1-3H3,(H,26,27)/t15-,17-,18+,19-,20+,21+,23-,24-/m0/s1. The molecule has 4 aliphatic rings. The van der Waals surface area contributed by atoms with E-state index in [2.05, 4.69) is 26.8 Å². The lowest BCUT2D eigenvalue weighted by molar-refractivity contribution is -0.137. The van der Waals surface area contributed by atoms with E-state index < -0.39 is 5.97 Å². The topological polar surface area (TPSA) is 57.5 Å². The number of aliphatic carboxylic acids is 1. The first-order valence-electron chi connectivity index (χ1n) is 11.3. The van der Waals surface area contributed by atoms with Gasteiger partial charge in [-0.25, -0.2) is 0 Å². The van der Waals surface area contributed by atoms with E-state index in [1.165, 1.54) is 32.1 Å². The van der Waals surface area contributed by atoms with Crippen molar-refractivity contribution in [2.75, 3.05) is 0 Å². The molecule has 3 nitrogen and oxygen atoms in total. The molecule has 0 aromatic carbocycles. The fourth-order valence-electron chi connectivity index (χ4n) is 8.17. The summed E-state index contributed by atoms with van der Waals surface area (Å²) in [6, 6.07) is 0. The van der Waals surface area contributed by atoms with Crippen LogP contribution in [0.5, 0.6) is 0 Å². The zero-order valence-corrected chi connectivity index (χ0v) is 17.4. The smallest absolute Gasteiger partial charge is 0.303 e. The Morgan fingerprint density at radius 2 is 1.96 bits per heavy atom. The van der Waals surface area contributed by atoms with E-state index >= 15 is 0 Å². The van der Waals surface area contributed by atoms with Gasteiger partial charge in [-0.05, 0) is 98.2 Å². The lowest BCUT2D eigenvalue weighted by atomic mass is 9.47. The number of allylic oxidation sites excluding steroid dienone is 1. The van der Waals surface area contributed by atoms with Crippen LogP contribution >= 0.6 is 0 Å². The second-order valence-electron chi connectivity index (χ2n) is 10.8. The van der Waals surface area contributed by atoms with Crippen LogP contribution in [0.2, 0.25) is 0 Å². The van der Waals surface area contributed by atoms with Crippen LogP contribution in [0.4, 0.5) is 0 Å². The van der Waals surface area contributed by atoms with E-state index in [1.807, 2.05) is 0 Å². The highest BCUT2D eigenvalue weighted by molar-refractivity contribution is 5.66. The van der Waals surface area contributed by atoms with Gasteiger partial charge in [0.2, 0.25) is 0 Å². The molecular formula is C24H38O3. The van der Waals surface area contributed by atoms with Crippen molar-refractivity contribution in [3.8, 4) is 0 Å². The van der Waals surface area contributed by atoms with Crippen molar-refractivity contribution in [1.29, 1.82) is 0 Å². The summed E-state index contributed by atoms with van der Waals surface area (Å²) in [5.74, 6) is 2.94. The van der Waals surface area contributed by atoms with Gasteiger partial charge in [-0.3, -0.25) is 4.79 Å². The van der Waals surface area contributed by atoms with Crippen LogP contribution in [-0.4, -0.2) is 22.3 Å². The quantitative estimate of drug-likeness (QED) is 0.645. The van der Waals surface area contributed by atoms with Crippen LogP contribution in [0.3, 0.4) is 0 Å². The lowest BCUT2D eigenvalue weighted by Crippen LogP contribution is -2.50. The average molecular weight is 375 g/mol. The van der Waals surface area contributed by atoms with Crippen LogP contribution in [-0.2, 0) is 4.79 Å². The third-order valence-electron chi connectivity index (χ3n) is 9.65. The molecule has 4 aliphatic carbocycles. The molecule has 27 heavy (non-hydrogen) atoms. The summed E-state index contributed by atoms with van der Waals surface area (Å²) in [5.41, 5.74) is 2.27. The Labute approximate surface area is 164 Å². The molecule has 0 saturated heterocycles. The summed E-state index contributed by atoms with van der Waals surface area (Å²) in [4.78, 5) is 11.0. The molecule has 0 radical (unpaired) electrons. The number of carboxylic acids is 1. The highest BCUT2D eigenvalue weighted by Crippen LogP contribution is 2.67. The first-order chi connectivity index (χ1) is 12.8. The van der Waals surface area contributed by atoms with Gasteiger partial charge >= 0.3 is 5.97 Å². The van der Waals surface area contributed by atoms with Crippen LogP contribution in [0, 0.1) is 40.4 Å². The zero-order valence-electron chi connectivity index (χ0n) is 17.4. The van der Waals surface area contributed by atoms with Gasteiger partial charge in [-0.15, -0.1) is 0 Å². The van der Waals surface area contributed by atoms with Gasteiger partial charge in [0.05, 0.1) is 6.10 Å². The number of rotatable bonds is 4. The maximum Gasteiger partial charge on any atom is 0.303 e. The summed E-state index contributed by atoms with van der Waals surface area (Å²) >= 11 is 0. The Balaban J connectivity index is 1.54. The van der Waals surface area contributed by atoms with Crippen molar-refractivity contribution < 1.29 is 15.0 Å². The Morgan fingerprint density at radius 3 is 2.70 bits per heavy atom. The molecule has 0 aliphatic heterocycles. The largest absolute Gasteiger partial charge is 0.481 e. The van der Waals surface area contributed by atoms with E-state index in [9.17, 15) is 9.90 Å². The van der Waals surface area contributed by atoms with Gasteiger partial charge in [0.15, 0.2) is 0 Å². The number of carboxylic acid groups (broad SMARTS) is 1. The molecule has 2 N–H and O–H groups in total. The van der Waals surface area contributed by atoms with Crippen molar-refractivity contribution in [3.63, 3.8) is 0 Å². The Bertz CT molecular complexity index is 625. The minimum Gasteiger partial charge on any atom is -0.481 e. The highest BCUT2D eigenvalue weighted by Gasteiger charge is 2.59. The SMILES string of the molecule is C[C@@H](CCC(=O)O)[C@@H]1CC[C@@H]2[C@H]3CC=C4C[C@@H](O)CC[C@]4(C)[C@@H]3CC[C@]21C. The van der Waals surface area contributed by atoms with E-state index in [0.717, 1.165) is 43.4 Å². The number of fused-ring (bicyclic) bond motifs is 5. The van der Waals surface area contributed by atoms with Gasteiger partial charge in [-0.2, -0.15) is 0 Å². The van der Waals surface area contributed by atoms with Crippen molar-refractivity contribution in [2.24, 2.45) is 40.4 Å². The maximum absolute atomic E-state index is 11.0. The number of hydrogen-bond donors (Lipinski definition) is 2. The average Bonchev–Trinajstić information content (AvgIpc) is 2.97. The van der Waals surface area contributed by atoms with Crippen LogP contribution in [0.1, 0.15) is 85.0 Å². The van der Waals surface area contributed by atoms with E-state index in [-0.39, 0.29) is 6.10 Å². The fourth-order valence-corrected chi connectivity index (χ4v) is 8.17. The van der Waals surface area contributed by atoms with Gasteiger partial charge in [0, 0.05) is 6.42 Å². The first kappa shape index (κ1) is 19.5. The third-order valence-corrected chi connectivity index (χ3v) is 9.65. The number of aliphatic hydroxyl groups is 1. The molecule has 0 aromatic heterocycles. The summed E-state index contributed by atoms with van der Waals surface area (Å²) < 4.78 is 0. The molecule has 4 rings (SSSR count). The molecule has 0 aromatic rings. The van der Waals surface area contributed by atoms with Crippen molar-refractivity contribution in [3.05, 3.63) is 11.6 Å². The molecule has 0 unspecified atom stereocenters. The number of hydrogen-bond acceptors (Lipinski definition) is 2. The van der Waals surface area contributed by atoms with Gasteiger partial charge in [0.1, 0.15) is 0 Å². The predicted octanol–water partition coefficient (Wildman–Crippen LogP) is 5.43. The summed E-state index contributed by atoms with van der Waals surface area (Å²) in [5, 5.41) is 19.2. The number of carbonyl (C=O) groups is 1. The van der Waals surface area contributed by atoms with Gasteiger partial charge < -0.3 is 10.2 Å². The molecule has 3 heteroatoms. The molecule has 8 atom stereocenters. The van der Waals surface area contributed by atoms with Crippen LogP contribution in [0.15, 0.2) is 11.6 Å². The molecule has 0 heterocycles. The minimum atomic E-state index is -0.650. The first-order valence-corrected chi connectivity index (χ1v) is 11.3. The highest BCUT2D eigenvalue weighted by atomic mass is 16.4. The van der Waals surface area contributed by atoms with Crippen molar-refractivity contribution >= 4 is 5.97 Å². The Hall–Kier alpha value is -0.830. The van der Waals surface area contributed by atoms with E-state index in [4.69, 9.17) is 5.11 Å². The minimum absolute atomic E-state index is 0.124. The van der Waals surface area contributed by atoms with Gasteiger partial charge in [-0.1, -0.05) is 32.4 Å². The lowest BCUT2D eigenvalue weighted by Gasteiger charge is -2.58. The normalized spacial score (nSPS) is 47.4. The zero-order chi connectivity index (χ0) is 19.4. The summed E-state index contributed by atoms with van der Waals surface area (Å²) in [6.45, 7) is 7.33. The molecule has 3 saturated carbocycles. The third kappa shape index (κ3) is 3.09. The second-order valence-corrected chi connectivity index (χ2v) is 10.8. The molecule has 0 bridgehead atoms. The van der Waals surface area contributed by atoms with E-state index in [0.29, 0.717) is 29.1 Å². The van der Waals surface area contributed by atoms with Crippen molar-refractivity contribution in [1.82, 2.24) is 0 Å². The van der Waals surface area contributed by atoms with Crippen molar-refractivity contribution in [2.45, 2.75) is 91.1 Å². The molecule has 152 valence electrons. The number of aliphatic hydroxyl groups excluding tert-OH is 1.